The van der Waals surface area contributed by atoms with Crippen molar-refractivity contribution in [2.75, 3.05) is 6.54 Å². The Balaban J connectivity index is 2.71. The number of hydrogen-bond acceptors (Lipinski definition) is 3. The Labute approximate surface area is 119 Å². The van der Waals surface area contributed by atoms with Gasteiger partial charge in [-0.3, -0.25) is 0 Å². The number of hydrogen-bond donors (Lipinski definition) is 2. The van der Waals surface area contributed by atoms with Crippen LogP contribution in [-0.4, -0.2) is 26.2 Å². The predicted molar refractivity (Wildman–Crippen MR) is 76.8 cm³/mol. The first-order valence-electron chi connectivity index (χ1n) is 6.18. The van der Waals surface area contributed by atoms with Gasteiger partial charge in [0.15, 0.2) is 0 Å². The summed E-state index contributed by atoms with van der Waals surface area (Å²) in [6.07, 6.45) is -0.142. The predicted octanol–water partition coefficient (Wildman–Crippen LogP) is 2.33. The Hall–Kier alpha value is -0.620. The van der Waals surface area contributed by atoms with Crippen LogP contribution in [0.25, 0.3) is 0 Å². The van der Waals surface area contributed by atoms with Crippen LogP contribution >= 0.6 is 11.6 Å². The molecule has 0 spiro atoms. The van der Waals surface area contributed by atoms with E-state index in [0.717, 1.165) is 5.56 Å². The molecule has 0 radical (unpaired) electrons. The average molecular weight is 306 g/mol. The van der Waals surface area contributed by atoms with Crippen molar-refractivity contribution in [1.29, 1.82) is 0 Å². The molecule has 0 aliphatic carbocycles. The molecule has 0 saturated carbocycles. The van der Waals surface area contributed by atoms with Gasteiger partial charge in [-0.2, -0.15) is 0 Å². The van der Waals surface area contributed by atoms with Gasteiger partial charge in [0.1, 0.15) is 4.90 Å². The van der Waals surface area contributed by atoms with Gasteiger partial charge >= 0.3 is 0 Å². The van der Waals surface area contributed by atoms with Crippen LogP contribution in [-0.2, 0) is 10.0 Å². The van der Waals surface area contributed by atoms with Crippen molar-refractivity contribution in [3.05, 3.63) is 28.8 Å². The molecule has 2 N–H and O–H groups in total. The molecule has 108 valence electrons. The van der Waals surface area contributed by atoms with Crippen molar-refractivity contribution in [1.82, 2.24) is 4.72 Å². The van der Waals surface area contributed by atoms with Crippen LogP contribution in [0.3, 0.4) is 0 Å². The quantitative estimate of drug-likeness (QED) is 0.847. The SMILES string of the molecule is Cc1ccc(S(=O)(=O)NCCC(O)C(C)C)c(Cl)c1. The lowest BCUT2D eigenvalue weighted by atomic mass is 10.1. The summed E-state index contributed by atoms with van der Waals surface area (Å²) in [5.74, 6) is 0.104. The van der Waals surface area contributed by atoms with Crippen LogP contribution in [0.4, 0.5) is 0 Å². The van der Waals surface area contributed by atoms with Crippen LogP contribution in [0.15, 0.2) is 23.1 Å². The first kappa shape index (κ1) is 16.4. The number of halogens is 1. The molecule has 1 unspecified atom stereocenters. The van der Waals surface area contributed by atoms with Crippen LogP contribution < -0.4 is 4.72 Å². The first-order valence-corrected chi connectivity index (χ1v) is 8.04. The largest absolute Gasteiger partial charge is 0.393 e. The van der Waals surface area contributed by atoms with Crippen molar-refractivity contribution in [2.45, 2.75) is 38.2 Å². The lowest BCUT2D eigenvalue weighted by Crippen LogP contribution is -2.29. The maximum atomic E-state index is 12.0. The summed E-state index contributed by atoms with van der Waals surface area (Å²) in [4.78, 5) is 0.0683. The van der Waals surface area contributed by atoms with Crippen molar-refractivity contribution >= 4 is 21.6 Å². The summed E-state index contributed by atoms with van der Waals surface area (Å²) in [5, 5.41) is 9.83. The number of aliphatic hydroxyl groups is 1. The topological polar surface area (TPSA) is 66.4 Å². The Morgan fingerprint density at radius 2 is 2.00 bits per heavy atom. The van der Waals surface area contributed by atoms with Crippen LogP contribution in [0.2, 0.25) is 5.02 Å². The highest BCUT2D eigenvalue weighted by Gasteiger charge is 2.18. The molecule has 0 fully saturated rings. The Kier molecular flexibility index (Phi) is 5.80. The summed E-state index contributed by atoms with van der Waals surface area (Å²) in [6.45, 7) is 5.80. The molecule has 0 saturated heterocycles. The second-order valence-corrected chi connectivity index (χ2v) is 7.07. The van der Waals surface area contributed by atoms with Crippen molar-refractivity contribution in [3.63, 3.8) is 0 Å². The van der Waals surface area contributed by atoms with Gasteiger partial charge in [0.2, 0.25) is 10.0 Å². The molecular formula is C13H20ClNO3S. The lowest BCUT2D eigenvalue weighted by Gasteiger charge is -2.15. The van der Waals surface area contributed by atoms with E-state index in [2.05, 4.69) is 4.72 Å². The molecule has 1 aromatic rings. The molecule has 1 rings (SSSR count). The van der Waals surface area contributed by atoms with E-state index in [9.17, 15) is 13.5 Å². The highest BCUT2D eigenvalue weighted by atomic mass is 35.5. The van der Waals surface area contributed by atoms with Gasteiger partial charge in [0.25, 0.3) is 0 Å². The van der Waals surface area contributed by atoms with Gasteiger partial charge < -0.3 is 5.11 Å². The van der Waals surface area contributed by atoms with Gasteiger partial charge in [-0.25, -0.2) is 13.1 Å². The molecule has 1 aromatic carbocycles. The summed E-state index contributed by atoms with van der Waals surface area (Å²) < 4.78 is 26.5. The number of rotatable bonds is 6. The minimum absolute atomic E-state index is 0.0683. The standard InChI is InChI=1S/C13H20ClNO3S/c1-9(2)12(16)6-7-15-19(17,18)13-5-4-10(3)8-11(13)14/h4-5,8-9,12,15-16H,6-7H2,1-3H3. The molecule has 4 nitrogen and oxygen atoms in total. The number of aryl methyl sites for hydroxylation is 1. The average Bonchev–Trinajstić information content (AvgIpc) is 2.27. The fourth-order valence-electron chi connectivity index (χ4n) is 1.58. The molecule has 0 aliphatic rings. The Bertz CT molecular complexity index is 529. The maximum Gasteiger partial charge on any atom is 0.242 e. The fraction of sp³-hybridized carbons (Fsp3) is 0.538. The molecule has 0 amide bonds. The minimum Gasteiger partial charge on any atom is -0.393 e. The van der Waals surface area contributed by atoms with Crippen LogP contribution in [0.1, 0.15) is 25.8 Å². The number of nitrogens with one attached hydrogen (secondary N) is 1. The zero-order valence-corrected chi connectivity index (χ0v) is 12.9. The van der Waals surface area contributed by atoms with Crippen molar-refractivity contribution < 1.29 is 13.5 Å². The fourth-order valence-corrected chi connectivity index (χ4v) is 3.22. The van der Waals surface area contributed by atoms with E-state index >= 15 is 0 Å². The van der Waals surface area contributed by atoms with Gasteiger partial charge in [-0.15, -0.1) is 0 Å². The third kappa shape index (κ3) is 4.76. The Morgan fingerprint density at radius 3 is 2.53 bits per heavy atom. The zero-order valence-electron chi connectivity index (χ0n) is 11.4. The van der Waals surface area contributed by atoms with Gasteiger partial charge in [0, 0.05) is 6.54 Å². The first-order chi connectivity index (χ1) is 8.74. The second-order valence-electron chi connectivity index (χ2n) is 4.93. The summed E-state index contributed by atoms with van der Waals surface area (Å²) >= 11 is 5.94. The molecule has 0 bridgehead atoms. The normalized spacial score (nSPS) is 13.8. The van der Waals surface area contributed by atoms with Crippen molar-refractivity contribution in [2.24, 2.45) is 5.92 Å². The molecule has 1 atom stereocenters. The summed E-state index contributed by atoms with van der Waals surface area (Å²) in [5.41, 5.74) is 0.902. The van der Waals surface area contributed by atoms with Gasteiger partial charge in [-0.05, 0) is 37.0 Å². The second kappa shape index (κ2) is 6.70. The number of aliphatic hydroxyl groups excluding tert-OH is 1. The smallest absolute Gasteiger partial charge is 0.242 e. The summed E-state index contributed by atoms with van der Waals surface area (Å²) in [7, 11) is -3.62. The van der Waals surface area contributed by atoms with Gasteiger partial charge in [0.05, 0.1) is 11.1 Å². The third-order valence-corrected chi connectivity index (χ3v) is 4.82. The minimum atomic E-state index is -3.62. The molecule has 19 heavy (non-hydrogen) atoms. The zero-order chi connectivity index (χ0) is 14.6. The molecule has 6 heteroatoms. The van der Waals surface area contributed by atoms with Crippen molar-refractivity contribution in [3.8, 4) is 0 Å². The summed E-state index contributed by atoms with van der Waals surface area (Å²) in [6, 6.07) is 4.79. The molecular weight excluding hydrogens is 286 g/mol. The Morgan fingerprint density at radius 1 is 1.37 bits per heavy atom. The molecule has 0 heterocycles. The highest BCUT2D eigenvalue weighted by Crippen LogP contribution is 2.22. The van der Waals surface area contributed by atoms with Crippen LogP contribution in [0, 0.1) is 12.8 Å². The molecule has 0 aromatic heterocycles. The van der Waals surface area contributed by atoms with E-state index in [0.29, 0.717) is 6.42 Å². The monoisotopic (exact) mass is 305 g/mol. The van der Waals surface area contributed by atoms with E-state index in [1.54, 1.807) is 12.1 Å². The molecule has 0 aliphatic heterocycles. The van der Waals surface area contributed by atoms with E-state index in [4.69, 9.17) is 11.6 Å². The lowest BCUT2D eigenvalue weighted by molar-refractivity contribution is 0.118. The number of sulfonamides is 1. The maximum absolute atomic E-state index is 12.0. The van der Waals surface area contributed by atoms with E-state index in [1.807, 2.05) is 20.8 Å². The third-order valence-electron chi connectivity index (χ3n) is 2.88. The van der Waals surface area contributed by atoms with Gasteiger partial charge in [-0.1, -0.05) is 31.5 Å². The van der Waals surface area contributed by atoms with E-state index < -0.39 is 16.1 Å². The highest BCUT2D eigenvalue weighted by molar-refractivity contribution is 7.89. The van der Waals surface area contributed by atoms with E-state index in [1.165, 1.54) is 6.07 Å². The number of benzene rings is 1. The van der Waals surface area contributed by atoms with Crippen LogP contribution in [0.5, 0.6) is 0 Å². The van der Waals surface area contributed by atoms with E-state index in [-0.39, 0.29) is 22.4 Å².